The number of nitrogens with zero attached hydrogens (tertiary/aromatic N) is 3. The molecule has 3 heterocycles. The van der Waals surface area contributed by atoms with E-state index in [9.17, 15) is 0 Å². The quantitative estimate of drug-likeness (QED) is 0.408. The predicted octanol–water partition coefficient (Wildman–Crippen LogP) is 4.67. The molecule has 0 amide bonds. The van der Waals surface area contributed by atoms with Gasteiger partial charge in [0.2, 0.25) is 0 Å². The zero-order valence-corrected chi connectivity index (χ0v) is 19.9. The van der Waals surface area contributed by atoms with Crippen molar-refractivity contribution >= 4 is 17.2 Å². The molecule has 1 aromatic rings. The van der Waals surface area contributed by atoms with Crippen molar-refractivity contribution in [3.63, 3.8) is 0 Å². The van der Waals surface area contributed by atoms with E-state index in [1.807, 2.05) is 12.1 Å². The molecular formula is C27H43N5. The van der Waals surface area contributed by atoms with Crippen LogP contribution in [0.15, 0.2) is 29.3 Å². The first-order valence-corrected chi connectivity index (χ1v) is 13.4. The average molecular weight is 438 g/mol. The summed E-state index contributed by atoms with van der Waals surface area (Å²) in [5.41, 5.74) is 8.02. The Morgan fingerprint density at radius 2 is 1.56 bits per heavy atom. The van der Waals surface area contributed by atoms with Crippen LogP contribution in [0.3, 0.4) is 0 Å². The smallest absolute Gasteiger partial charge is 0.105 e. The summed E-state index contributed by atoms with van der Waals surface area (Å²) in [7, 11) is 0. The van der Waals surface area contributed by atoms with E-state index in [0.29, 0.717) is 0 Å². The molecule has 3 N–H and O–H groups in total. The molecule has 0 aromatic heterocycles. The number of nitrogen functional groups attached to an aromatic ring is 1. The fraction of sp³-hybridized carbons (Fsp3) is 0.741. The molecule has 3 saturated heterocycles. The normalized spacial score (nSPS) is 29.1. The lowest BCUT2D eigenvalue weighted by atomic mass is 9.89. The van der Waals surface area contributed by atoms with Gasteiger partial charge in [0.1, 0.15) is 5.84 Å². The largest absolute Gasteiger partial charge is 0.397 e. The van der Waals surface area contributed by atoms with Gasteiger partial charge in [-0.05, 0) is 68.7 Å². The number of hydrogen-bond acceptors (Lipinski definition) is 4. The van der Waals surface area contributed by atoms with Crippen molar-refractivity contribution < 1.29 is 0 Å². The van der Waals surface area contributed by atoms with Gasteiger partial charge in [-0.1, -0.05) is 44.2 Å². The predicted molar refractivity (Wildman–Crippen MR) is 134 cm³/mol. The Labute approximate surface area is 194 Å². The zero-order valence-electron chi connectivity index (χ0n) is 19.9. The van der Waals surface area contributed by atoms with Crippen molar-refractivity contribution in [1.82, 2.24) is 15.1 Å². The number of nitrogens with two attached hydrogens (primary N) is 1. The number of anilines is 1. The molecular weight excluding hydrogens is 394 g/mol. The van der Waals surface area contributed by atoms with Gasteiger partial charge < -0.3 is 20.9 Å². The van der Waals surface area contributed by atoms with Crippen LogP contribution in [0.25, 0.3) is 0 Å². The van der Waals surface area contributed by atoms with Crippen molar-refractivity contribution in [2.75, 3.05) is 45.0 Å². The number of hydrogen-bond donors (Lipinski definition) is 2. The molecule has 2 atom stereocenters. The molecule has 3 aliphatic heterocycles. The first-order valence-electron chi connectivity index (χ1n) is 13.4. The van der Waals surface area contributed by atoms with Crippen LogP contribution in [0, 0.1) is 17.8 Å². The highest BCUT2D eigenvalue weighted by Crippen LogP contribution is 2.33. The maximum Gasteiger partial charge on any atom is 0.105 e. The summed E-state index contributed by atoms with van der Waals surface area (Å²) in [6, 6.07) is 8.96. The third-order valence-corrected chi connectivity index (χ3v) is 8.65. The molecule has 0 spiro atoms. The molecule has 4 fully saturated rings. The lowest BCUT2D eigenvalue weighted by Crippen LogP contribution is -2.43. The number of fused-ring (bicyclic) bond motifs is 1. The Hall–Kier alpha value is -1.59. The van der Waals surface area contributed by atoms with Crippen molar-refractivity contribution in [1.29, 1.82) is 0 Å². The van der Waals surface area contributed by atoms with Crippen molar-refractivity contribution in [2.45, 2.75) is 70.3 Å². The second kappa shape index (κ2) is 10.6. The van der Waals surface area contributed by atoms with Gasteiger partial charge >= 0.3 is 0 Å². The van der Waals surface area contributed by atoms with Crippen LogP contribution >= 0.6 is 0 Å². The fourth-order valence-electron chi connectivity index (χ4n) is 6.62. The van der Waals surface area contributed by atoms with E-state index in [1.54, 1.807) is 0 Å². The fourth-order valence-corrected chi connectivity index (χ4v) is 6.62. The molecule has 1 saturated carbocycles. The van der Waals surface area contributed by atoms with Gasteiger partial charge in [-0.25, -0.2) is 4.99 Å². The van der Waals surface area contributed by atoms with Crippen LogP contribution < -0.4 is 11.1 Å². The van der Waals surface area contributed by atoms with Crippen LogP contribution in [0.4, 0.5) is 11.4 Å². The molecule has 5 nitrogen and oxygen atoms in total. The van der Waals surface area contributed by atoms with E-state index >= 15 is 0 Å². The van der Waals surface area contributed by atoms with Crippen LogP contribution in [0.5, 0.6) is 0 Å². The standard InChI is InChI=1S/C27H43N5/c28-25-10-6-7-11-26(25)30-27(32-19-22-17-29-18-23(22)20-32)16-21-12-14-31(15-13-21)24-8-4-2-1-3-5-9-24/h6-7,10-11,21-24,29H,1-5,8-9,12-20,28H2/b30-27+. The van der Waals surface area contributed by atoms with Gasteiger partial charge in [0.15, 0.2) is 0 Å². The molecule has 0 bridgehead atoms. The summed E-state index contributed by atoms with van der Waals surface area (Å²) in [5.74, 6) is 3.62. The molecule has 5 heteroatoms. The Bertz CT molecular complexity index is 749. The number of amidine groups is 1. The second-order valence-corrected chi connectivity index (χ2v) is 10.9. The Kier molecular flexibility index (Phi) is 7.33. The minimum Gasteiger partial charge on any atom is -0.397 e. The topological polar surface area (TPSA) is 56.9 Å². The van der Waals surface area contributed by atoms with E-state index in [-0.39, 0.29) is 0 Å². The maximum atomic E-state index is 6.27. The molecule has 1 aromatic carbocycles. The second-order valence-electron chi connectivity index (χ2n) is 10.9. The van der Waals surface area contributed by atoms with Gasteiger partial charge in [-0.2, -0.15) is 0 Å². The number of piperidine rings is 1. The number of benzene rings is 1. The maximum absolute atomic E-state index is 6.27. The number of para-hydroxylation sites is 2. The highest BCUT2D eigenvalue weighted by Gasteiger charge is 2.38. The van der Waals surface area contributed by atoms with Gasteiger partial charge in [-0.15, -0.1) is 0 Å². The van der Waals surface area contributed by atoms with Crippen LogP contribution in [0.2, 0.25) is 0 Å². The van der Waals surface area contributed by atoms with Gasteiger partial charge in [0.25, 0.3) is 0 Å². The summed E-state index contributed by atoms with van der Waals surface area (Å²) in [6.45, 7) is 7.22. The Morgan fingerprint density at radius 1 is 0.906 bits per heavy atom. The number of likely N-dealkylation sites (tertiary alicyclic amines) is 2. The first kappa shape index (κ1) is 22.2. The summed E-state index contributed by atoms with van der Waals surface area (Å²) < 4.78 is 0. The lowest BCUT2D eigenvalue weighted by Gasteiger charge is -2.39. The monoisotopic (exact) mass is 437 g/mol. The van der Waals surface area contributed by atoms with E-state index in [4.69, 9.17) is 10.7 Å². The van der Waals surface area contributed by atoms with Crippen LogP contribution in [-0.4, -0.2) is 60.9 Å². The SMILES string of the molecule is Nc1ccccc1/N=C(\CC1CCN(C2CCCCCCC2)CC1)N1CC2CNCC2C1. The third-order valence-electron chi connectivity index (χ3n) is 8.65. The Balaban J connectivity index is 1.23. The van der Waals surface area contributed by atoms with E-state index in [1.165, 1.54) is 89.8 Å². The average Bonchev–Trinajstić information content (AvgIpc) is 3.38. The minimum absolute atomic E-state index is 0.752. The summed E-state index contributed by atoms with van der Waals surface area (Å²) in [6.07, 6.45) is 13.8. The summed E-state index contributed by atoms with van der Waals surface area (Å²) >= 11 is 0. The lowest BCUT2D eigenvalue weighted by molar-refractivity contribution is 0.114. The van der Waals surface area contributed by atoms with Crippen molar-refractivity contribution in [3.05, 3.63) is 24.3 Å². The highest BCUT2D eigenvalue weighted by atomic mass is 15.2. The molecule has 32 heavy (non-hydrogen) atoms. The van der Waals surface area contributed by atoms with Crippen LogP contribution in [0.1, 0.15) is 64.2 Å². The molecule has 5 rings (SSSR count). The highest BCUT2D eigenvalue weighted by molar-refractivity contribution is 5.87. The summed E-state index contributed by atoms with van der Waals surface area (Å²) in [4.78, 5) is 10.6. The van der Waals surface area contributed by atoms with E-state index in [2.05, 4.69) is 27.2 Å². The van der Waals surface area contributed by atoms with Gasteiger partial charge in [-0.3, -0.25) is 0 Å². The number of rotatable bonds is 4. The van der Waals surface area contributed by atoms with E-state index in [0.717, 1.165) is 54.7 Å². The van der Waals surface area contributed by atoms with Crippen molar-refractivity contribution in [3.8, 4) is 0 Å². The van der Waals surface area contributed by atoms with Crippen LogP contribution in [-0.2, 0) is 0 Å². The number of aliphatic imine (C=N–C) groups is 1. The van der Waals surface area contributed by atoms with Gasteiger partial charge in [0, 0.05) is 38.6 Å². The molecule has 1 aliphatic carbocycles. The molecule has 176 valence electrons. The molecule has 2 unspecified atom stereocenters. The first-order chi connectivity index (χ1) is 15.8. The van der Waals surface area contributed by atoms with Gasteiger partial charge in [0.05, 0.1) is 11.4 Å². The Morgan fingerprint density at radius 3 is 2.25 bits per heavy atom. The zero-order chi connectivity index (χ0) is 21.8. The summed E-state index contributed by atoms with van der Waals surface area (Å²) in [5, 5.41) is 3.58. The number of nitrogens with one attached hydrogen (secondary N) is 1. The van der Waals surface area contributed by atoms with E-state index < -0.39 is 0 Å². The minimum atomic E-state index is 0.752. The van der Waals surface area contributed by atoms with Crippen molar-refractivity contribution in [2.24, 2.45) is 22.7 Å². The third kappa shape index (κ3) is 5.31. The molecule has 4 aliphatic rings. The molecule has 0 radical (unpaired) electrons.